The number of benzene rings is 11. The van der Waals surface area contributed by atoms with Crippen LogP contribution >= 0.6 is 0 Å². The monoisotopic (exact) mass is 813 g/mol. The molecule has 1 heteroatoms. The van der Waals surface area contributed by atoms with Gasteiger partial charge in [0.1, 0.15) is 0 Å². The number of nitrogens with zero attached hydrogens (tertiary/aromatic N) is 1. The molecule has 0 saturated carbocycles. The highest BCUT2D eigenvalue weighted by Gasteiger charge is 2.47. The van der Waals surface area contributed by atoms with Crippen LogP contribution in [0, 0.1) is 0 Å². The Morgan fingerprint density at radius 3 is 1.36 bits per heavy atom. The molecular weight excluding hydrogens is 771 g/mol. The van der Waals surface area contributed by atoms with Crippen molar-refractivity contribution in [3.63, 3.8) is 0 Å². The first kappa shape index (κ1) is 37.5. The van der Waals surface area contributed by atoms with Gasteiger partial charge in [-0.1, -0.05) is 237 Å². The van der Waals surface area contributed by atoms with Crippen molar-refractivity contribution in [3.05, 3.63) is 283 Å². The summed E-state index contributed by atoms with van der Waals surface area (Å²) in [6.45, 7) is 0. The van der Waals surface area contributed by atoms with Crippen molar-refractivity contribution in [1.82, 2.24) is 0 Å². The van der Waals surface area contributed by atoms with Crippen molar-refractivity contribution >= 4 is 38.6 Å². The van der Waals surface area contributed by atoms with Crippen LogP contribution in [0.25, 0.3) is 66.1 Å². The van der Waals surface area contributed by atoms with Gasteiger partial charge in [0.2, 0.25) is 0 Å². The first-order chi connectivity index (χ1) is 31.8. The summed E-state index contributed by atoms with van der Waals surface area (Å²) >= 11 is 0. The average molecular weight is 814 g/mol. The maximum Gasteiger partial charge on any atom is 0.0714 e. The first-order valence-electron chi connectivity index (χ1n) is 22.2. The largest absolute Gasteiger partial charge is 0.309 e. The van der Waals surface area contributed by atoms with Crippen LogP contribution in [0.4, 0.5) is 17.1 Å². The summed E-state index contributed by atoms with van der Waals surface area (Å²) in [6, 6.07) is 95.9. The van der Waals surface area contributed by atoms with Crippen molar-refractivity contribution in [2.75, 3.05) is 4.90 Å². The zero-order valence-electron chi connectivity index (χ0n) is 35.3. The van der Waals surface area contributed by atoms with Crippen LogP contribution in [0.3, 0.4) is 0 Å². The van der Waals surface area contributed by atoms with Gasteiger partial charge in [-0.3, -0.25) is 0 Å². The molecule has 0 fully saturated rings. The van der Waals surface area contributed by atoms with E-state index in [1.165, 1.54) is 82.7 Å². The molecule has 1 aliphatic rings. The molecule has 0 saturated heterocycles. The lowest BCUT2D eigenvalue weighted by Crippen LogP contribution is -2.28. The third kappa shape index (κ3) is 5.86. The molecule has 1 nitrogen and oxygen atoms in total. The van der Waals surface area contributed by atoms with Crippen molar-refractivity contribution in [2.45, 2.75) is 5.41 Å². The lowest BCUT2D eigenvalue weighted by Gasteiger charge is -2.34. The molecule has 0 heterocycles. The van der Waals surface area contributed by atoms with E-state index in [1.807, 2.05) is 0 Å². The van der Waals surface area contributed by atoms with E-state index in [0.29, 0.717) is 0 Å². The summed E-state index contributed by atoms with van der Waals surface area (Å²) in [5.41, 5.74) is 17.5. The quantitative estimate of drug-likeness (QED) is 0.138. The van der Waals surface area contributed by atoms with Gasteiger partial charge in [0, 0.05) is 16.8 Å². The van der Waals surface area contributed by atoms with Gasteiger partial charge in [0.05, 0.1) is 16.8 Å². The molecule has 11 aromatic carbocycles. The number of anilines is 3. The van der Waals surface area contributed by atoms with Gasteiger partial charge in [0.15, 0.2) is 0 Å². The summed E-state index contributed by atoms with van der Waals surface area (Å²) in [7, 11) is 0. The zero-order chi connectivity index (χ0) is 42.5. The van der Waals surface area contributed by atoms with Crippen molar-refractivity contribution in [3.8, 4) is 44.5 Å². The highest BCUT2D eigenvalue weighted by atomic mass is 15.1. The Morgan fingerprint density at radius 1 is 0.266 bits per heavy atom. The van der Waals surface area contributed by atoms with Gasteiger partial charge < -0.3 is 4.90 Å². The summed E-state index contributed by atoms with van der Waals surface area (Å²) in [5.74, 6) is 0. The lowest BCUT2D eigenvalue weighted by molar-refractivity contribution is 0.768. The fraction of sp³-hybridized carbons (Fsp3) is 0.0159. The van der Waals surface area contributed by atoms with E-state index >= 15 is 0 Å². The first-order valence-corrected chi connectivity index (χ1v) is 22.2. The van der Waals surface area contributed by atoms with E-state index in [1.54, 1.807) is 0 Å². The number of rotatable bonds is 8. The van der Waals surface area contributed by atoms with Gasteiger partial charge >= 0.3 is 0 Å². The highest BCUT2D eigenvalue weighted by molar-refractivity contribution is 6.22. The highest BCUT2D eigenvalue weighted by Crippen LogP contribution is 2.60. The Morgan fingerprint density at radius 2 is 0.719 bits per heavy atom. The maximum atomic E-state index is 2.54. The zero-order valence-corrected chi connectivity index (χ0v) is 35.3. The minimum absolute atomic E-state index is 0.539. The molecule has 64 heavy (non-hydrogen) atoms. The Hall–Kier alpha value is -8.26. The van der Waals surface area contributed by atoms with Gasteiger partial charge in [-0.2, -0.15) is 0 Å². The third-order valence-electron chi connectivity index (χ3n) is 13.3. The van der Waals surface area contributed by atoms with E-state index in [9.17, 15) is 0 Å². The Labute approximate surface area is 374 Å². The Kier molecular flexibility index (Phi) is 9.13. The Bertz CT molecular complexity index is 3430. The normalized spacial score (nSPS) is 12.5. The second-order valence-electron chi connectivity index (χ2n) is 16.7. The van der Waals surface area contributed by atoms with Crippen molar-refractivity contribution in [1.29, 1.82) is 0 Å². The van der Waals surface area contributed by atoms with Crippen LogP contribution in [0.5, 0.6) is 0 Å². The summed E-state index contributed by atoms with van der Waals surface area (Å²) in [4.78, 5) is 2.54. The molecular formula is C63H43N. The van der Waals surface area contributed by atoms with E-state index in [2.05, 4.69) is 266 Å². The predicted molar refractivity (Wildman–Crippen MR) is 270 cm³/mol. The topological polar surface area (TPSA) is 3.24 Å². The SMILES string of the molecule is c1ccc(-c2ccccc2N(c2ccc3c(c2)c(-c2ccccc2)c(-c2ccccc2)c2ccccc23)c2cccc3c2-c2ccccc2C3(c2ccccc2)c2ccccc2)cc1. The van der Waals surface area contributed by atoms with Gasteiger partial charge in [-0.15, -0.1) is 0 Å². The van der Waals surface area contributed by atoms with Crippen LogP contribution in [0.1, 0.15) is 22.3 Å². The molecule has 0 radical (unpaired) electrons. The van der Waals surface area contributed by atoms with E-state index in [4.69, 9.17) is 0 Å². The number of hydrogen-bond acceptors (Lipinski definition) is 1. The Balaban J connectivity index is 1.22. The minimum Gasteiger partial charge on any atom is -0.309 e. The van der Waals surface area contributed by atoms with Gasteiger partial charge in [-0.25, -0.2) is 0 Å². The molecule has 11 aromatic rings. The summed E-state index contributed by atoms with van der Waals surface area (Å²) in [5, 5.41) is 4.92. The van der Waals surface area contributed by atoms with Crippen LogP contribution in [0.15, 0.2) is 261 Å². The van der Waals surface area contributed by atoms with Crippen LogP contribution in [0.2, 0.25) is 0 Å². The fourth-order valence-corrected chi connectivity index (χ4v) is 10.7. The van der Waals surface area contributed by atoms with Crippen LogP contribution in [-0.4, -0.2) is 0 Å². The second-order valence-corrected chi connectivity index (χ2v) is 16.7. The number of hydrogen-bond donors (Lipinski definition) is 0. The molecule has 12 rings (SSSR count). The van der Waals surface area contributed by atoms with E-state index < -0.39 is 5.41 Å². The fourth-order valence-electron chi connectivity index (χ4n) is 10.7. The summed E-state index contributed by atoms with van der Waals surface area (Å²) < 4.78 is 0. The van der Waals surface area contributed by atoms with Gasteiger partial charge in [-0.05, 0) is 101 Å². The number of para-hydroxylation sites is 1. The molecule has 1 aliphatic carbocycles. The van der Waals surface area contributed by atoms with Crippen LogP contribution < -0.4 is 4.90 Å². The standard InChI is InChI=1S/C63H43N/c1-6-23-44(24-7-1)50-33-19-21-39-58(50)64(59-40-22-38-57-62(59)54-36-18-20-37-56(54)63(57,47-29-12-4-13-30-47)48-31-14-5-15-32-48)49-41-42-52-51-34-16-17-35-53(51)60(45-25-8-2-9-26-45)61(55(52)43-49)46-27-10-3-11-28-46/h1-43H. The van der Waals surface area contributed by atoms with Crippen LogP contribution in [-0.2, 0) is 5.41 Å². The van der Waals surface area contributed by atoms with E-state index in [-0.39, 0.29) is 0 Å². The average Bonchev–Trinajstić information content (AvgIpc) is 3.69. The molecule has 0 amide bonds. The minimum atomic E-state index is -0.539. The van der Waals surface area contributed by atoms with E-state index in [0.717, 1.165) is 22.6 Å². The summed E-state index contributed by atoms with van der Waals surface area (Å²) in [6.07, 6.45) is 0. The molecule has 0 N–H and O–H groups in total. The lowest BCUT2D eigenvalue weighted by atomic mass is 9.68. The molecule has 0 aromatic heterocycles. The van der Waals surface area contributed by atoms with Crippen molar-refractivity contribution in [2.24, 2.45) is 0 Å². The second kappa shape index (κ2) is 15.6. The van der Waals surface area contributed by atoms with Crippen molar-refractivity contribution < 1.29 is 0 Å². The molecule has 0 bridgehead atoms. The third-order valence-corrected chi connectivity index (χ3v) is 13.3. The smallest absolute Gasteiger partial charge is 0.0714 e. The predicted octanol–water partition coefficient (Wildman–Crippen LogP) is 16.8. The number of fused-ring (bicyclic) bond motifs is 6. The molecule has 0 unspecified atom stereocenters. The molecule has 300 valence electrons. The molecule has 0 aliphatic heterocycles. The maximum absolute atomic E-state index is 2.54. The molecule has 0 atom stereocenters. The molecule has 0 spiro atoms. The van der Waals surface area contributed by atoms with Gasteiger partial charge in [0.25, 0.3) is 0 Å².